The van der Waals surface area contributed by atoms with Gasteiger partial charge in [0.15, 0.2) is 0 Å². The van der Waals surface area contributed by atoms with Crippen LogP contribution in [-0.4, -0.2) is 59.6 Å². The first-order valence-corrected chi connectivity index (χ1v) is 10.8. The summed E-state index contributed by atoms with van der Waals surface area (Å²) in [7, 11) is -7.34. The highest BCUT2D eigenvalue weighted by molar-refractivity contribution is 7.86. The van der Waals surface area contributed by atoms with Crippen LogP contribution in [0.2, 0.25) is 0 Å². The molecule has 0 saturated carbocycles. The summed E-state index contributed by atoms with van der Waals surface area (Å²) in [5.41, 5.74) is 0.489. The van der Waals surface area contributed by atoms with Crippen molar-refractivity contribution in [2.75, 3.05) is 30.6 Å². The lowest BCUT2D eigenvalue weighted by Gasteiger charge is -2.25. The molecule has 0 bridgehead atoms. The molecule has 10 nitrogen and oxygen atoms in total. The number of anilines is 1. The summed E-state index contributed by atoms with van der Waals surface area (Å²) in [6.45, 7) is 0.00210. The normalized spacial score (nSPS) is 21.4. The van der Waals surface area contributed by atoms with E-state index in [1.165, 1.54) is 24.3 Å². The Kier molecular flexibility index (Phi) is 5.66. The van der Waals surface area contributed by atoms with Crippen LogP contribution in [0.25, 0.3) is 0 Å². The molecule has 12 heteroatoms. The van der Waals surface area contributed by atoms with Gasteiger partial charge in [-0.1, -0.05) is 0 Å². The van der Waals surface area contributed by atoms with Crippen molar-refractivity contribution in [1.82, 2.24) is 0 Å². The molecule has 0 radical (unpaired) electrons. The van der Waals surface area contributed by atoms with Crippen LogP contribution in [0.15, 0.2) is 24.3 Å². The minimum atomic E-state index is -3.67. The van der Waals surface area contributed by atoms with Crippen molar-refractivity contribution in [3.05, 3.63) is 34.4 Å². The maximum Gasteiger partial charge on any atom is 0.269 e. The fourth-order valence-electron chi connectivity index (χ4n) is 2.63. The molecular formula is C13H18N2O8S2. The van der Waals surface area contributed by atoms with Crippen LogP contribution < -0.4 is 4.90 Å². The lowest BCUT2D eigenvalue weighted by molar-refractivity contribution is -0.384. The molecule has 0 N–H and O–H groups in total. The van der Waals surface area contributed by atoms with Gasteiger partial charge in [-0.05, 0) is 18.6 Å². The summed E-state index contributed by atoms with van der Waals surface area (Å²) in [5.74, 6) is 0. The Bertz CT molecular complexity index is 835. The topological polar surface area (TPSA) is 133 Å². The van der Waals surface area contributed by atoms with Crippen LogP contribution in [0.1, 0.15) is 6.42 Å². The second kappa shape index (κ2) is 7.23. The van der Waals surface area contributed by atoms with Crippen molar-refractivity contribution in [2.24, 2.45) is 0 Å². The standard InChI is InChI=1S/C13H18N2O8S2/c1-24(18,19)22-9-12-7-13(23-25(2,20)21)8-14(12)10-3-5-11(6-4-10)15(16)17/h3-6,12-13H,7-9H2,1-2H3/t12-,13+/m0/s1. The van der Waals surface area contributed by atoms with E-state index in [9.17, 15) is 26.9 Å². The van der Waals surface area contributed by atoms with E-state index in [-0.39, 0.29) is 25.3 Å². The average Bonchev–Trinajstić information content (AvgIpc) is 2.85. The van der Waals surface area contributed by atoms with Gasteiger partial charge >= 0.3 is 0 Å². The lowest BCUT2D eigenvalue weighted by atomic mass is 10.2. The van der Waals surface area contributed by atoms with E-state index in [2.05, 4.69) is 0 Å². The van der Waals surface area contributed by atoms with Gasteiger partial charge < -0.3 is 4.90 Å². The molecule has 140 valence electrons. The van der Waals surface area contributed by atoms with E-state index in [1.807, 2.05) is 0 Å². The monoisotopic (exact) mass is 394 g/mol. The van der Waals surface area contributed by atoms with Gasteiger partial charge in [0.1, 0.15) is 0 Å². The highest BCUT2D eigenvalue weighted by Crippen LogP contribution is 2.29. The van der Waals surface area contributed by atoms with Crippen molar-refractivity contribution >= 4 is 31.6 Å². The molecule has 0 aromatic heterocycles. The van der Waals surface area contributed by atoms with Gasteiger partial charge in [-0.2, -0.15) is 16.8 Å². The highest BCUT2D eigenvalue weighted by atomic mass is 32.2. The van der Waals surface area contributed by atoms with Gasteiger partial charge in [0, 0.05) is 24.4 Å². The zero-order valence-corrected chi connectivity index (χ0v) is 15.2. The molecule has 25 heavy (non-hydrogen) atoms. The summed E-state index contributed by atoms with van der Waals surface area (Å²) in [6, 6.07) is 5.19. The molecule has 1 heterocycles. The summed E-state index contributed by atoms with van der Waals surface area (Å²) in [4.78, 5) is 11.9. The van der Waals surface area contributed by atoms with E-state index in [1.54, 1.807) is 4.90 Å². The molecule has 1 aliphatic rings. The minimum Gasteiger partial charge on any atom is -0.363 e. The van der Waals surface area contributed by atoms with Gasteiger partial charge in [0.25, 0.3) is 25.9 Å². The number of rotatable bonds is 7. The lowest BCUT2D eigenvalue weighted by Crippen LogP contribution is -2.34. The molecule has 1 fully saturated rings. The zero-order valence-electron chi connectivity index (χ0n) is 13.6. The van der Waals surface area contributed by atoms with Crippen LogP contribution in [0.5, 0.6) is 0 Å². The first kappa shape index (κ1) is 19.6. The molecule has 1 aliphatic heterocycles. The van der Waals surface area contributed by atoms with Gasteiger partial charge in [-0.3, -0.25) is 18.5 Å². The van der Waals surface area contributed by atoms with E-state index in [4.69, 9.17) is 8.37 Å². The third-order valence-electron chi connectivity index (χ3n) is 3.55. The Morgan fingerprint density at radius 3 is 2.24 bits per heavy atom. The predicted molar refractivity (Wildman–Crippen MR) is 89.4 cm³/mol. The summed E-state index contributed by atoms with van der Waals surface area (Å²) in [6.07, 6.45) is 1.42. The quantitative estimate of drug-likeness (QED) is 0.368. The van der Waals surface area contributed by atoms with Crippen molar-refractivity contribution in [3.8, 4) is 0 Å². The van der Waals surface area contributed by atoms with E-state index in [0.717, 1.165) is 12.5 Å². The highest BCUT2D eigenvalue weighted by Gasteiger charge is 2.35. The number of nitro groups is 1. The molecule has 1 aromatic rings. The van der Waals surface area contributed by atoms with Gasteiger partial charge in [-0.25, -0.2) is 0 Å². The third kappa shape index (κ3) is 5.92. The Morgan fingerprint density at radius 2 is 1.76 bits per heavy atom. The fraction of sp³-hybridized carbons (Fsp3) is 0.538. The molecule has 0 aliphatic carbocycles. The van der Waals surface area contributed by atoms with Crippen molar-refractivity contribution in [1.29, 1.82) is 0 Å². The molecule has 2 rings (SSSR count). The second-order valence-electron chi connectivity index (χ2n) is 5.73. The van der Waals surface area contributed by atoms with Crippen molar-refractivity contribution in [3.63, 3.8) is 0 Å². The van der Waals surface area contributed by atoms with Crippen LogP contribution in [-0.2, 0) is 28.6 Å². The third-order valence-corrected chi connectivity index (χ3v) is 4.74. The van der Waals surface area contributed by atoms with Crippen LogP contribution >= 0.6 is 0 Å². The molecule has 0 spiro atoms. The van der Waals surface area contributed by atoms with Crippen molar-refractivity contribution in [2.45, 2.75) is 18.6 Å². The zero-order chi connectivity index (χ0) is 18.8. The van der Waals surface area contributed by atoms with E-state index in [0.29, 0.717) is 5.69 Å². The number of nitrogens with zero attached hydrogens (tertiary/aromatic N) is 2. The van der Waals surface area contributed by atoms with Crippen LogP contribution in [0.4, 0.5) is 11.4 Å². The second-order valence-corrected chi connectivity index (χ2v) is 8.97. The van der Waals surface area contributed by atoms with Gasteiger partial charge in [0.05, 0.1) is 36.2 Å². The predicted octanol–water partition coefficient (Wildman–Crippen LogP) is 0.495. The summed E-state index contributed by atoms with van der Waals surface area (Å²) in [5, 5.41) is 10.7. The van der Waals surface area contributed by atoms with Crippen molar-refractivity contribution < 1.29 is 30.1 Å². The smallest absolute Gasteiger partial charge is 0.269 e. The van der Waals surface area contributed by atoms with Gasteiger partial charge in [-0.15, -0.1) is 0 Å². The van der Waals surface area contributed by atoms with E-state index >= 15 is 0 Å². The Labute approximate surface area is 145 Å². The maximum atomic E-state index is 11.3. The van der Waals surface area contributed by atoms with Gasteiger partial charge in [0.2, 0.25) is 0 Å². The largest absolute Gasteiger partial charge is 0.363 e. The summed E-state index contributed by atoms with van der Waals surface area (Å²) >= 11 is 0. The average molecular weight is 394 g/mol. The SMILES string of the molecule is CS(=O)(=O)OC[C@@H]1C[C@@H](OS(C)(=O)=O)CN1c1ccc([N+](=O)[O-])cc1. The fourth-order valence-corrected chi connectivity index (χ4v) is 3.67. The molecule has 2 atom stereocenters. The minimum absolute atomic E-state index is 0.0872. The molecule has 1 aromatic carbocycles. The Morgan fingerprint density at radius 1 is 1.16 bits per heavy atom. The number of benzene rings is 1. The first-order valence-electron chi connectivity index (χ1n) is 7.18. The molecule has 0 unspecified atom stereocenters. The first-order chi connectivity index (χ1) is 11.4. The summed E-state index contributed by atoms with van der Waals surface area (Å²) < 4.78 is 54.9. The molecule has 1 saturated heterocycles. The number of hydrogen-bond acceptors (Lipinski definition) is 9. The van der Waals surface area contributed by atoms with Crippen LogP contribution in [0, 0.1) is 10.1 Å². The number of hydrogen-bond donors (Lipinski definition) is 0. The molecule has 0 amide bonds. The number of non-ortho nitro benzene ring substituents is 1. The number of nitro benzene ring substituents is 1. The Hall–Kier alpha value is -1.76. The van der Waals surface area contributed by atoms with E-state index < -0.39 is 37.3 Å². The maximum absolute atomic E-state index is 11.3. The Balaban J connectivity index is 2.21. The molecular weight excluding hydrogens is 376 g/mol. The van der Waals surface area contributed by atoms with Crippen LogP contribution in [0.3, 0.4) is 0 Å².